The van der Waals surface area contributed by atoms with Crippen molar-refractivity contribution in [1.29, 1.82) is 0 Å². The van der Waals surface area contributed by atoms with Crippen LogP contribution in [0.5, 0.6) is 0 Å². The van der Waals surface area contributed by atoms with Gasteiger partial charge < -0.3 is 5.32 Å². The van der Waals surface area contributed by atoms with Gasteiger partial charge in [-0.1, -0.05) is 6.92 Å². The molecule has 1 aliphatic carbocycles. The topological polar surface area (TPSA) is 83.6 Å². The molecule has 0 radical (unpaired) electrons. The Kier molecular flexibility index (Phi) is 1.53. The summed E-state index contributed by atoms with van der Waals surface area (Å²) in [6, 6.07) is 0.302. The van der Waals surface area contributed by atoms with E-state index in [0.29, 0.717) is 12.0 Å². The molecule has 1 aliphatic rings. The number of hydrogen-bond acceptors (Lipinski definition) is 4. The van der Waals surface area contributed by atoms with Crippen molar-refractivity contribution in [2.24, 2.45) is 5.92 Å². The van der Waals surface area contributed by atoms with E-state index in [1.807, 2.05) is 0 Å². The molecule has 1 fully saturated rings. The molecule has 0 aromatic carbocycles. The van der Waals surface area contributed by atoms with Crippen molar-refractivity contribution in [1.82, 2.24) is 25.9 Å². The smallest absolute Gasteiger partial charge is 0.293 e. The SMILES string of the molecule is CC1CC1NC(=O)c1nn[nH]n1. The molecule has 0 bridgehead atoms. The molecule has 1 amide bonds. The van der Waals surface area contributed by atoms with Crippen molar-refractivity contribution in [3.05, 3.63) is 5.82 Å². The van der Waals surface area contributed by atoms with Crippen LogP contribution >= 0.6 is 0 Å². The van der Waals surface area contributed by atoms with Gasteiger partial charge in [-0.05, 0) is 17.6 Å². The zero-order chi connectivity index (χ0) is 8.55. The van der Waals surface area contributed by atoms with E-state index >= 15 is 0 Å². The number of aromatic amines is 1. The molecule has 1 heterocycles. The van der Waals surface area contributed by atoms with Crippen molar-refractivity contribution in [3.63, 3.8) is 0 Å². The Morgan fingerprint density at radius 1 is 1.75 bits per heavy atom. The van der Waals surface area contributed by atoms with Crippen LogP contribution in [0.15, 0.2) is 0 Å². The number of carbonyl (C=O) groups is 1. The number of tetrazole rings is 1. The van der Waals surface area contributed by atoms with Crippen molar-refractivity contribution >= 4 is 5.91 Å². The van der Waals surface area contributed by atoms with E-state index in [9.17, 15) is 4.79 Å². The van der Waals surface area contributed by atoms with Gasteiger partial charge in [0.1, 0.15) is 0 Å². The summed E-state index contributed by atoms with van der Waals surface area (Å²) in [5.74, 6) is 0.438. The molecule has 0 saturated heterocycles. The van der Waals surface area contributed by atoms with Gasteiger partial charge in [0.25, 0.3) is 11.7 Å². The first kappa shape index (κ1) is 7.20. The highest BCUT2D eigenvalue weighted by molar-refractivity contribution is 5.90. The minimum absolute atomic E-state index is 0.106. The van der Waals surface area contributed by atoms with E-state index in [-0.39, 0.29) is 11.7 Å². The van der Waals surface area contributed by atoms with Crippen LogP contribution in [0, 0.1) is 5.92 Å². The van der Waals surface area contributed by atoms with E-state index < -0.39 is 0 Å². The van der Waals surface area contributed by atoms with Crippen LogP contribution in [-0.4, -0.2) is 32.6 Å². The fraction of sp³-hybridized carbons (Fsp3) is 0.667. The lowest BCUT2D eigenvalue weighted by Crippen LogP contribution is -2.27. The molecule has 2 atom stereocenters. The second-order valence-corrected chi connectivity index (χ2v) is 3.03. The van der Waals surface area contributed by atoms with Gasteiger partial charge in [-0.3, -0.25) is 4.79 Å². The van der Waals surface area contributed by atoms with Gasteiger partial charge in [-0.15, -0.1) is 10.2 Å². The molecule has 1 saturated carbocycles. The summed E-state index contributed by atoms with van der Waals surface area (Å²) >= 11 is 0. The summed E-state index contributed by atoms with van der Waals surface area (Å²) in [7, 11) is 0. The lowest BCUT2D eigenvalue weighted by Gasteiger charge is -1.96. The number of hydrogen-bond donors (Lipinski definition) is 2. The second kappa shape index (κ2) is 2.54. The molecule has 0 aliphatic heterocycles. The molecule has 0 spiro atoms. The maximum Gasteiger partial charge on any atom is 0.293 e. The Labute approximate surface area is 68.7 Å². The third-order valence-electron chi connectivity index (χ3n) is 1.97. The monoisotopic (exact) mass is 167 g/mol. The van der Waals surface area contributed by atoms with Crippen molar-refractivity contribution < 1.29 is 4.79 Å². The Hall–Kier alpha value is -1.46. The van der Waals surface area contributed by atoms with Gasteiger partial charge in [0.15, 0.2) is 0 Å². The van der Waals surface area contributed by atoms with Gasteiger partial charge >= 0.3 is 0 Å². The predicted molar refractivity (Wildman–Crippen MR) is 39.2 cm³/mol. The fourth-order valence-electron chi connectivity index (χ4n) is 1.01. The molecule has 2 unspecified atom stereocenters. The van der Waals surface area contributed by atoms with E-state index in [1.165, 1.54) is 0 Å². The molecule has 2 rings (SSSR count). The third kappa shape index (κ3) is 1.27. The Bertz CT molecular complexity index is 282. The zero-order valence-electron chi connectivity index (χ0n) is 6.61. The van der Waals surface area contributed by atoms with E-state index in [0.717, 1.165) is 6.42 Å². The number of nitrogens with one attached hydrogen (secondary N) is 2. The Morgan fingerprint density at radius 3 is 3.00 bits per heavy atom. The molecule has 6 nitrogen and oxygen atoms in total. The maximum atomic E-state index is 11.2. The Balaban J connectivity index is 1.93. The van der Waals surface area contributed by atoms with Crippen LogP contribution < -0.4 is 5.32 Å². The summed E-state index contributed by atoms with van der Waals surface area (Å²) in [6.45, 7) is 2.08. The molecule has 1 aromatic heterocycles. The van der Waals surface area contributed by atoms with Crippen LogP contribution in [0.2, 0.25) is 0 Å². The van der Waals surface area contributed by atoms with Gasteiger partial charge in [-0.25, -0.2) is 0 Å². The number of rotatable bonds is 2. The molecular formula is C6H9N5O. The van der Waals surface area contributed by atoms with Gasteiger partial charge in [-0.2, -0.15) is 5.21 Å². The second-order valence-electron chi connectivity index (χ2n) is 3.03. The molecule has 2 N–H and O–H groups in total. The van der Waals surface area contributed by atoms with Crippen LogP contribution in [0.4, 0.5) is 0 Å². The summed E-state index contributed by atoms with van der Waals surface area (Å²) < 4.78 is 0. The highest BCUT2D eigenvalue weighted by Gasteiger charge is 2.34. The van der Waals surface area contributed by atoms with E-state index in [2.05, 4.69) is 32.9 Å². The molecule has 6 heteroatoms. The maximum absolute atomic E-state index is 11.2. The fourth-order valence-corrected chi connectivity index (χ4v) is 1.01. The first-order valence-electron chi connectivity index (χ1n) is 3.81. The summed E-state index contributed by atoms with van der Waals surface area (Å²) in [6.07, 6.45) is 1.05. The molecule has 12 heavy (non-hydrogen) atoms. The largest absolute Gasteiger partial charge is 0.346 e. The van der Waals surface area contributed by atoms with Crippen LogP contribution in [0.3, 0.4) is 0 Å². The Morgan fingerprint density at radius 2 is 2.50 bits per heavy atom. The normalized spacial score (nSPS) is 26.8. The highest BCUT2D eigenvalue weighted by Crippen LogP contribution is 2.28. The molecular weight excluding hydrogens is 158 g/mol. The average Bonchev–Trinajstić information content (AvgIpc) is 2.58. The molecule has 1 aromatic rings. The van der Waals surface area contributed by atoms with E-state index in [1.54, 1.807) is 0 Å². The van der Waals surface area contributed by atoms with Crippen LogP contribution in [0.1, 0.15) is 24.0 Å². The van der Waals surface area contributed by atoms with Gasteiger partial charge in [0.2, 0.25) is 0 Å². The third-order valence-corrected chi connectivity index (χ3v) is 1.97. The predicted octanol–water partition coefficient (Wildman–Crippen LogP) is -0.662. The number of carbonyl (C=O) groups excluding carboxylic acids is 1. The lowest BCUT2D eigenvalue weighted by atomic mass is 10.4. The van der Waals surface area contributed by atoms with Crippen molar-refractivity contribution in [3.8, 4) is 0 Å². The summed E-state index contributed by atoms with van der Waals surface area (Å²) in [4.78, 5) is 11.2. The minimum Gasteiger partial charge on any atom is -0.346 e. The zero-order valence-corrected chi connectivity index (χ0v) is 6.61. The quantitative estimate of drug-likeness (QED) is 0.612. The minimum atomic E-state index is -0.252. The first-order valence-corrected chi connectivity index (χ1v) is 3.81. The van der Waals surface area contributed by atoms with Crippen LogP contribution in [0.25, 0.3) is 0 Å². The van der Waals surface area contributed by atoms with Crippen molar-refractivity contribution in [2.45, 2.75) is 19.4 Å². The molecule has 64 valence electrons. The van der Waals surface area contributed by atoms with Gasteiger partial charge in [0, 0.05) is 6.04 Å². The number of nitrogens with zero attached hydrogens (tertiary/aromatic N) is 3. The standard InChI is InChI=1S/C6H9N5O/c1-3-2-4(3)7-6(12)5-8-10-11-9-5/h3-4H,2H2,1H3,(H,7,12)(H,8,9,10,11). The number of amides is 1. The lowest BCUT2D eigenvalue weighted by molar-refractivity contribution is 0.0939. The number of aromatic nitrogens is 4. The highest BCUT2D eigenvalue weighted by atomic mass is 16.2. The van der Waals surface area contributed by atoms with E-state index in [4.69, 9.17) is 0 Å². The first-order chi connectivity index (χ1) is 5.77. The van der Waals surface area contributed by atoms with Crippen LogP contribution in [-0.2, 0) is 0 Å². The summed E-state index contributed by atoms with van der Waals surface area (Å²) in [5, 5.41) is 15.4. The average molecular weight is 167 g/mol. The summed E-state index contributed by atoms with van der Waals surface area (Å²) in [5.41, 5.74) is 0. The number of H-pyrrole nitrogens is 1. The van der Waals surface area contributed by atoms with Gasteiger partial charge in [0.05, 0.1) is 0 Å². The van der Waals surface area contributed by atoms with Crippen molar-refractivity contribution in [2.75, 3.05) is 0 Å².